The highest BCUT2D eigenvalue weighted by molar-refractivity contribution is 7.19. The fourth-order valence-corrected chi connectivity index (χ4v) is 4.35. The molecule has 1 amide bonds. The van der Waals surface area contributed by atoms with Crippen molar-refractivity contribution in [1.29, 1.82) is 0 Å². The number of ether oxygens (including phenoxy) is 1. The van der Waals surface area contributed by atoms with E-state index in [4.69, 9.17) is 4.74 Å². The van der Waals surface area contributed by atoms with E-state index in [1.807, 2.05) is 37.3 Å². The van der Waals surface area contributed by atoms with E-state index in [2.05, 4.69) is 15.5 Å². The third-order valence-corrected chi connectivity index (χ3v) is 5.85. The molecule has 32 heavy (non-hydrogen) atoms. The van der Waals surface area contributed by atoms with Gasteiger partial charge in [0.1, 0.15) is 11.4 Å². The number of phenolic OH excluding ortho intramolecular Hbond substituents is 1. The second kappa shape index (κ2) is 9.03. The number of carbonyl (C=O) groups is 1. The zero-order valence-corrected chi connectivity index (χ0v) is 18.2. The maximum atomic E-state index is 13.1. The van der Waals surface area contributed by atoms with Crippen molar-refractivity contribution in [3.05, 3.63) is 75.7 Å². The first kappa shape index (κ1) is 21.3. The molecule has 4 rings (SSSR count). The van der Waals surface area contributed by atoms with E-state index in [9.17, 15) is 14.7 Å². The maximum Gasteiger partial charge on any atom is 0.263 e. The molecule has 2 heterocycles. The first-order valence-electron chi connectivity index (χ1n) is 9.71. The number of aryl methyl sites for hydroxylation is 1. The van der Waals surface area contributed by atoms with Crippen molar-refractivity contribution in [3.63, 3.8) is 0 Å². The summed E-state index contributed by atoms with van der Waals surface area (Å²) in [6, 6.07) is 14.3. The van der Waals surface area contributed by atoms with Gasteiger partial charge in [0.2, 0.25) is 0 Å². The van der Waals surface area contributed by atoms with Gasteiger partial charge in [-0.25, -0.2) is 10.4 Å². The molecule has 0 bridgehead atoms. The quantitative estimate of drug-likeness (QED) is 0.348. The molecule has 0 unspecified atom stereocenters. The molecule has 0 aliphatic rings. The number of thiophene rings is 1. The van der Waals surface area contributed by atoms with Gasteiger partial charge in [-0.1, -0.05) is 30.3 Å². The number of benzene rings is 2. The molecule has 8 nitrogen and oxygen atoms in total. The van der Waals surface area contributed by atoms with Crippen molar-refractivity contribution in [1.82, 2.24) is 15.0 Å². The first-order valence-corrected chi connectivity index (χ1v) is 10.5. The average molecular weight is 449 g/mol. The number of hydrazone groups is 1. The molecule has 0 spiro atoms. The van der Waals surface area contributed by atoms with E-state index in [1.165, 1.54) is 41.6 Å². The van der Waals surface area contributed by atoms with Gasteiger partial charge in [0.05, 0.1) is 25.0 Å². The Hall–Kier alpha value is -3.98. The molecule has 0 saturated carbocycles. The fourth-order valence-electron chi connectivity index (χ4n) is 3.35. The molecule has 0 atom stereocenters. The molecule has 2 aromatic carbocycles. The van der Waals surface area contributed by atoms with Gasteiger partial charge >= 0.3 is 0 Å². The first-order chi connectivity index (χ1) is 15.5. The van der Waals surface area contributed by atoms with E-state index >= 15 is 0 Å². The van der Waals surface area contributed by atoms with Crippen LogP contribution in [0.15, 0.2) is 64.8 Å². The number of carbonyl (C=O) groups excluding carboxylic acids is 1. The molecule has 9 heteroatoms. The summed E-state index contributed by atoms with van der Waals surface area (Å²) in [5, 5.41) is 14.0. The number of nitrogens with zero attached hydrogens (tertiary/aromatic N) is 3. The predicted molar refractivity (Wildman–Crippen MR) is 124 cm³/mol. The van der Waals surface area contributed by atoms with E-state index in [0.29, 0.717) is 21.5 Å². The van der Waals surface area contributed by atoms with Crippen LogP contribution in [0.1, 0.15) is 10.4 Å². The molecule has 0 radical (unpaired) electrons. The lowest BCUT2D eigenvalue weighted by Gasteiger charge is -2.06. The number of phenols is 1. The van der Waals surface area contributed by atoms with Crippen LogP contribution < -0.4 is 15.7 Å². The number of aromatic hydroxyl groups is 1. The molecular weight excluding hydrogens is 428 g/mol. The lowest BCUT2D eigenvalue weighted by atomic mass is 10.0. The summed E-state index contributed by atoms with van der Waals surface area (Å²) in [7, 11) is 1.44. The Balaban J connectivity index is 1.55. The van der Waals surface area contributed by atoms with Gasteiger partial charge in [-0.2, -0.15) is 5.10 Å². The molecule has 0 aliphatic heterocycles. The van der Waals surface area contributed by atoms with Gasteiger partial charge in [0.15, 0.2) is 11.5 Å². The number of methoxy groups -OCH3 is 1. The summed E-state index contributed by atoms with van der Waals surface area (Å²) in [5.41, 5.74) is 4.53. The molecule has 162 valence electrons. The normalized spacial score (nSPS) is 11.2. The Kier molecular flexibility index (Phi) is 6.00. The summed E-state index contributed by atoms with van der Waals surface area (Å²) >= 11 is 1.45. The number of amides is 1. The SMILES string of the molecule is COc1cc(C=NNC(=O)Cn2cnc3sc(C)c(-c4ccccc4)c3c2=O)ccc1O. The van der Waals surface area contributed by atoms with Crippen LogP contribution in [0.25, 0.3) is 21.3 Å². The van der Waals surface area contributed by atoms with Crippen LogP contribution in [0.2, 0.25) is 0 Å². The number of aromatic nitrogens is 2. The standard InChI is InChI=1S/C23H20N4O4S/c1-14-20(16-6-4-3-5-7-16)21-22(32-14)24-13-27(23(21)30)12-19(29)26-25-11-15-8-9-17(28)18(10-15)31-2/h3-11,13,28H,12H2,1-2H3,(H,26,29). The van der Waals surface area contributed by atoms with Gasteiger partial charge in [-0.3, -0.25) is 14.2 Å². The van der Waals surface area contributed by atoms with Crippen LogP contribution in [0, 0.1) is 6.92 Å². The molecule has 0 aliphatic carbocycles. The number of rotatable bonds is 6. The summed E-state index contributed by atoms with van der Waals surface area (Å²) < 4.78 is 6.31. The van der Waals surface area contributed by atoms with Gasteiger partial charge < -0.3 is 9.84 Å². The summed E-state index contributed by atoms with van der Waals surface area (Å²) in [5.74, 6) is -0.163. The third kappa shape index (κ3) is 4.23. The highest BCUT2D eigenvalue weighted by atomic mass is 32.1. The summed E-state index contributed by atoms with van der Waals surface area (Å²) in [6.45, 7) is 1.74. The largest absolute Gasteiger partial charge is 0.504 e. The molecule has 2 N–H and O–H groups in total. The van der Waals surface area contributed by atoms with E-state index < -0.39 is 5.91 Å². The minimum Gasteiger partial charge on any atom is -0.504 e. The number of nitrogens with one attached hydrogen (secondary N) is 1. The van der Waals surface area contributed by atoms with Crippen molar-refractivity contribution in [2.24, 2.45) is 5.10 Å². The molecule has 0 saturated heterocycles. The summed E-state index contributed by atoms with van der Waals surface area (Å²) in [4.78, 5) is 31.5. The minimum atomic E-state index is -0.469. The smallest absolute Gasteiger partial charge is 0.263 e. The number of fused-ring (bicyclic) bond motifs is 1. The Morgan fingerprint density at radius 1 is 1.28 bits per heavy atom. The Labute approximate surface area is 187 Å². The van der Waals surface area contributed by atoms with Crippen molar-refractivity contribution in [2.75, 3.05) is 7.11 Å². The summed E-state index contributed by atoms with van der Waals surface area (Å²) in [6.07, 6.45) is 2.79. The van der Waals surface area contributed by atoms with Crippen LogP contribution in [-0.2, 0) is 11.3 Å². The van der Waals surface area contributed by atoms with E-state index in [-0.39, 0.29) is 17.9 Å². The highest BCUT2D eigenvalue weighted by Gasteiger charge is 2.17. The molecule has 4 aromatic rings. The van der Waals surface area contributed by atoms with Crippen LogP contribution in [-0.4, -0.2) is 33.9 Å². The predicted octanol–water partition coefficient (Wildman–Crippen LogP) is 3.30. The molecule has 2 aromatic heterocycles. The van der Waals surface area contributed by atoms with Crippen molar-refractivity contribution >= 4 is 33.7 Å². The number of hydrogen-bond acceptors (Lipinski definition) is 7. The second-order valence-electron chi connectivity index (χ2n) is 6.98. The third-order valence-electron chi connectivity index (χ3n) is 4.84. The van der Waals surface area contributed by atoms with Gasteiger partial charge in [0.25, 0.3) is 11.5 Å². The molecular formula is C23H20N4O4S. The Bertz CT molecular complexity index is 1380. The van der Waals surface area contributed by atoms with Crippen LogP contribution >= 0.6 is 11.3 Å². The van der Waals surface area contributed by atoms with Crippen molar-refractivity contribution < 1.29 is 14.6 Å². The van der Waals surface area contributed by atoms with Gasteiger partial charge in [0, 0.05) is 10.4 Å². The average Bonchev–Trinajstić information content (AvgIpc) is 3.14. The Morgan fingerprint density at radius 3 is 2.81 bits per heavy atom. The van der Waals surface area contributed by atoms with E-state index in [0.717, 1.165) is 16.0 Å². The fraction of sp³-hybridized carbons (Fsp3) is 0.130. The van der Waals surface area contributed by atoms with Crippen molar-refractivity contribution in [3.8, 4) is 22.6 Å². The highest BCUT2D eigenvalue weighted by Crippen LogP contribution is 2.35. The number of hydrogen-bond donors (Lipinski definition) is 2. The lowest BCUT2D eigenvalue weighted by Crippen LogP contribution is -2.30. The van der Waals surface area contributed by atoms with E-state index in [1.54, 1.807) is 12.1 Å². The zero-order chi connectivity index (χ0) is 22.7. The second-order valence-corrected chi connectivity index (χ2v) is 8.18. The van der Waals surface area contributed by atoms with Crippen LogP contribution in [0.5, 0.6) is 11.5 Å². The minimum absolute atomic E-state index is 0.00879. The lowest BCUT2D eigenvalue weighted by molar-refractivity contribution is -0.121. The monoisotopic (exact) mass is 448 g/mol. The Morgan fingerprint density at radius 2 is 2.06 bits per heavy atom. The van der Waals surface area contributed by atoms with Crippen LogP contribution in [0.4, 0.5) is 0 Å². The van der Waals surface area contributed by atoms with Gasteiger partial charge in [-0.15, -0.1) is 11.3 Å². The van der Waals surface area contributed by atoms with Crippen LogP contribution in [0.3, 0.4) is 0 Å². The van der Waals surface area contributed by atoms with Gasteiger partial charge in [-0.05, 0) is 36.2 Å². The molecule has 0 fully saturated rings. The topological polar surface area (TPSA) is 106 Å². The maximum absolute atomic E-state index is 13.1. The zero-order valence-electron chi connectivity index (χ0n) is 17.4. The van der Waals surface area contributed by atoms with Crippen molar-refractivity contribution in [2.45, 2.75) is 13.5 Å².